The zero-order valence-electron chi connectivity index (χ0n) is 22.5. The predicted molar refractivity (Wildman–Crippen MR) is 157 cm³/mol. The predicted octanol–water partition coefficient (Wildman–Crippen LogP) is 7.93. The molecule has 5 rings (SSSR count). The number of carboxylic acid groups (broad SMARTS) is 1. The number of pyridine rings is 1. The number of thiophene rings is 1. The first-order valence-corrected chi connectivity index (χ1v) is 14.8. The molecule has 4 aromatic rings. The van der Waals surface area contributed by atoms with Crippen molar-refractivity contribution in [1.82, 2.24) is 15.2 Å². The molecule has 41 heavy (non-hydrogen) atoms. The van der Waals surface area contributed by atoms with Crippen LogP contribution in [0.1, 0.15) is 53.4 Å². The van der Waals surface area contributed by atoms with Crippen LogP contribution in [0.5, 0.6) is 0 Å². The molecule has 0 radical (unpaired) electrons. The van der Waals surface area contributed by atoms with Crippen LogP contribution in [0.15, 0.2) is 54.9 Å². The Balaban J connectivity index is 1.51. The van der Waals surface area contributed by atoms with Crippen molar-refractivity contribution in [2.75, 3.05) is 6.54 Å². The molecule has 0 spiro atoms. The van der Waals surface area contributed by atoms with E-state index in [9.17, 15) is 18.4 Å². The van der Waals surface area contributed by atoms with Crippen LogP contribution >= 0.6 is 22.9 Å². The number of nitrogens with one attached hydrogen (secondary N) is 1. The molecule has 0 atom stereocenters. The fourth-order valence-corrected chi connectivity index (χ4v) is 7.16. The van der Waals surface area contributed by atoms with Gasteiger partial charge in [-0.05, 0) is 90.6 Å². The maximum atomic E-state index is 14.7. The van der Waals surface area contributed by atoms with E-state index in [0.29, 0.717) is 25.9 Å². The lowest BCUT2D eigenvalue weighted by Crippen LogP contribution is -2.43. The largest absolute Gasteiger partial charge is 0.465 e. The molecule has 1 aliphatic carbocycles. The third-order valence-corrected chi connectivity index (χ3v) is 9.55. The van der Waals surface area contributed by atoms with Gasteiger partial charge in [0.25, 0.3) is 5.91 Å². The van der Waals surface area contributed by atoms with Crippen LogP contribution in [0, 0.1) is 17.6 Å². The van der Waals surface area contributed by atoms with Crippen molar-refractivity contribution in [3.8, 4) is 11.1 Å². The second kappa shape index (κ2) is 12.5. The van der Waals surface area contributed by atoms with E-state index in [1.807, 2.05) is 12.1 Å². The molecular formula is C31H30ClF2N3O3S. The van der Waals surface area contributed by atoms with Gasteiger partial charge in [0.15, 0.2) is 0 Å². The first kappa shape index (κ1) is 29.0. The summed E-state index contributed by atoms with van der Waals surface area (Å²) in [4.78, 5) is 31.2. The monoisotopic (exact) mass is 597 g/mol. The van der Waals surface area contributed by atoms with Gasteiger partial charge in [0, 0.05) is 31.5 Å². The van der Waals surface area contributed by atoms with E-state index >= 15 is 0 Å². The average Bonchev–Trinajstić information content (AvgIpc) is 3.35. The number of carbonyl (C=O) groups is 2. The third kappa shape index (κ3) is 6.21. The summed E-state index contributed by atoms with van der Waals surface area (Å²) in [5.41, 5.74) is 4.09. The van der Waals surface area contributed by atoms with E-state index < -0.39 is 17.7 Å². The number of carbonyl (C=O) groups excluding carboxylic acids is 1. The molecule has 1 fully saturated rings. The molecule has 2 aromatic carbocycles. The zero-order chi connectivity index (χ0) is 29.1. The van der Waals surface area contributed by atoms with Gasteiger partial charge >= 0.3 is 6.09 Å². The molecule has 10 heteroatoms. The van der Waals surface area contributed by atoms with Crippen molar-refractivity contribution >= 4 is 45.0 Å². The second-order valence-electron chi connectivity index (χ2n) is 10.3. The van der Waals surface area contributed by atoms with Gasteiger partial charge in [0.1, 0.15) is 16.5 Å². The number of aryl methyl sites for hydroxylation is 1. The Labute approximate surface area is 246 Å². The van der Waals surface area contributed by atoms with Gasteiger partial charge in [0.2, 0.25) is 0 Å². The molecule has 2 heterocycles. The lowest BCUT2D eigenvalue weighted by Gasteiger charge is -2.37. The Morgan fingerprint density at radius 1 is 1.02 bits per heavy atom. The molecule has 1 saturated carbocycles. The summed E-state index contributed by atoms with van der Waals surface area (Å²) in [7, 11) is 0. The quantitative estimate of drug-likeness (QED) is 0.216. The highest BCUT2D eigenvalue weighted by atomic mass is 35.5. The number of fused-ring (bicyclic) bond motifs is 1. The van der Waals surface area contributed by atoms with Crippen molar-refractivity contribution in [2.24, 2.45) is 5.92 Å². The van der Waals surface area contributed by atoms with Gasteiger partial charge in [-0.15, -0.1) is 11.3 Å². The molecule has 2 amide bonds. The minimum absolute atomic E-state index is 0.0238. The van der Waals surface area contributed by atoms with Gasteiger partial charge < -0.3 is 15.3 Å². The summed E-state index contributed by atoms with van der Waals surface area (Å²) >= 11 is 7.44. The normalized spacial score (nSPS) is 17.0. The Morgan fingerprint density at radius 2 is 1.73 bits per heavy atom. The van der Waals surface area contributed by atoms with Crippen LogP contribution in [0.3, 0.4) is 0 Å². The first-order chi connectivity index (χ1) is 19.8. The molecule has 0 aliphatic heterocycles. The van der Waals surface area contributed by atoms with Gasteiger partial charge in [-0.3, -0.25) is 9.78 Å². The number of rotatable bonds is 8. The first-order valence-electron chi connectivity index (χ1n) is 13.6. The maximum Gasteiger partial charge on any atom is 0.404 e. The van der Waals surface area contributed by atoms with Crippen molar-refractivity contribution in [1.29, 1.82) is 0 Å². The summed E-state index contributed by atoms with van der Waals surface area (Å²) in [5, 5.41) is 11.3. The van der Waals surface area contributed by atoms with Crippen LogP contribution in [0.4, 0.5) is 13.6 Å². The van der Waals surface area contributed by atoms with E-state index in [2.05, 4.69) is 35.4 Å². The van der Waals surface area contributed by atoms with Crippen molar-refractivity contribution in [2.45, 2.75) is 51.6 Å². The number of benzene rings is 2. The Bertz CT molecular complexity index is 1570. The highest BCUT2D eigenvalue weighted by Gasteiger charge is 2.33. The molecule has 2 aromatic heterocycles. The Hall–Kier alpha value is -3.56. The maximum absolute atomic E-state index is 14.7. The number of halogens is 3. The molecule has 0 bridgehead atoms. The molecule has 2 N–H and O–H groups in total. The van der Waals surface area contributed by atoms with Crippen LogP contribution in [-0.4, -0.2) is 39.6 Å². The molecule has 0 unspecified atom stereocenters. The van der Waals surface area contributed by atoms with E-state index in [-0.39, 0.29) is 37.9 Å². The lowest BCUT2D eigenvalue weighted by molar-refractivity contribution is 0.0593. The van der Waals surface area contributed by atoms with Gasteiger partial charge in [-0.2, -0.15) is 0 Å². The molecule has 6 nitrogen and oxygen atoms in total. The fourth-order valence-electron chi connectivity index (χ4n) is 5.65. The summed E-state index contributed by atoms with van der Waals surface area (Å²) in [6.07, 6.45) is 6.02. The van der Waals surface area contributed by atoms with Gasteiger partial charge in [-0.25, -0.2) is 13.6 Å². The highest BCUT2D eigenvalue weighted by Crippen LogP contribution is 2.40. The summed E-state index contributed by atoms with van der Waals surface area (Å²) in [6.45, 7) is 2.73. The van der Waals surface area contributed by atoms with Crippen molar-refractivity contribution in [3.05, 3.63) is 87.5 Å². The molecule has 214 valence electrons. The minimum Gasteiger partial charge on any atom is -0.465 e. The van der Waals surface area contributed by atoms with Crippen molar-refractivity contribution < 1.29 is 23.5 Å². The molecule has 0 saturated heterocycles. The minimum atomic E-state index is -1.05. The lowest BCUT2D eigenvalue weighted by atomic mass is 9.84. The number of hydrogen-bond acceptors (Lipinski definition) is 4. The molecular weight excluding hydrogens is 568 g/mol. The number of aromatic nitrogens is 1. The average molecular weight is 598 g/mol. The number of hydrogen-bond donors (Lipinski definition) is 2. The summed E-state index contributed by atoms with van der Waals surface area (Å²) in [6, 6.07) is 12.0. The van der Waals surface area contributed by atoms with Crippen LogP contribution < -0.4 is 5.32 Å². The van der Waals surface area contributed by atoms with Crippen LogP contribution in [-0.2, 0) is 13.0 Å². The topological polar surface area (TPSA) is 82.5 Å². The Morgan fingerprint density at radius 3 is 2.39 bits per heavy atom. The van der Waals surface area contributed by atoms with E-state index in [1.54, 1.807) is 17.3 Å². The highest BCUT2D eigenvalue weighted by molar-refractivity contribution is 7.21. The van der Waals surface area contributed by atoms with Crippen molar-refractivity contribution in [3.63, 3.8) is 0 Å². The van der Waals surface area contributed by atoms with Gasteiger partial charge in [-0.1, -0.05) is 30.7 Å². The zero-order valence-corrected chi connectivity index (χ0v) is 24.1. The third-order valence-electron chi connectivity index (χ3n) is 7.88. The molecule has 1 aliphatic rings. The smallest absolute Gasteiger partial charge is 0.404 e. The van der Waals surface area contributed by atoms with E-state index in [4.69, 9.17) is 16.7 Å². The SMILES string of the molecule is CCc1ccc(-c2ccncc2)cc1CN(C(=O)c1sc2c(F)ccc(F)c2c1Cl)C1CCC(CNC(=O)O)CC1. The van der Waals surface area contributed by atoms with Gasteiger partial charge in [0.05, 0.1) is 15.1 Å². The summed E-state index contributed by atoms with van der Waals surface area (Å²) in [5.74, 6) is -1.48. The standard InChI is InChI=1S/C31H30ClF2N3O3S/c1-2-19-5-6-21(20-11-13-35-14-12-20)15-22(19)17-37(23-7-3-18(4-8-23)16-36-31(39)40)30(38)29-27(32)26-24(33)9-10-25(34)28(26)41-29/h5-6,9-15,18,23,36H,2-4,7-8,16-17H2,1H3,(H,39,40). The van der Waals surface area contributed by atoms with E-state index in [1.165, 1.54) is 0 Å². The van der Waals surface area contributed by atoms with Crippen LogP contribution in [0.25, 0.3) is 21.2 Å². The van der Waals surface area contributed by atoms with E-state index in [0.717, 1.165) is 65.0 Å². The number of nitrogens with zero attached hydrogens (tertiary/aromatic N) is 2. The second-order valence-corrected chi connectivity index (χ2v) is 11.7. The summed E-state index contributed by atoms with van der Waals surface area (Å²) < 4.78 is 29.3. The Kier molecular flexibility index (Phi) is 8.85. The van der Waals surface area contributed by atoms with Crippen LogP contribution in [0.2, 0.25) is 5.02 Å². The number of amides is 2. The fraction of sp³-hybridized carbons (Fsp3) is 0.323.